The predicted octanol–water partition coefficient (Wildman–Crippen LogP) is 5.27. The van der Waals surface area contributed by atoms with Crippen LogP contribution < -0.4 is 5.32 Å². The summed E-state index contributed by atoms with van der Waals surface area (Å²) < 4.78 is 5.94. The number of hydrogen-bond donors (Lipinski definition) is 2. The molecular weight excluding hydrogens is 286 g/mol. The predicted molar refractivity (Wildman–Crippen MR) is 86.1 cm³/mol. The molecule has 1 heterocycles. The summed E-state index contributed by atoms with van der Waals surface area (Å²) >= 11 is 5.93. The van der Waals surface area contributed by atoms with Gasteiger partial charge < -0.3 is 14.8 Å². The van der Waals surface area contributed by atoms with Gasteiger partial charge in [-0.3, -0.25) is 0 Å². The Morgan fingerprint density at radius 2 is 1.95 bits per heavy atom. The summed E-state index contributed by atoms with van der Waals surface area (Å²) in [7, 11) is 0. The molecular formula is C17H16ClNO2. The van der Waals surface area contributed by atoms with Crippen molar-refractivity contribution in [2.24, 2.45) is 0 Å². The number of anilines is 1. The van der Waals surface area contributed by atoms with Crippen molar-refractivity contribution in [1.29, 1.82) is 0 Å². The van der Waals surface area contributed by atoms with Crippen LogP contribution in [0.25, 0.3) is 11.0 Å². The first-order valence-corrected chi connectivity index (χ1v) is 7.17. The molecule has 0 saturated heterocycles. The number of aryl methyl sites for hydroxylation is 1. The summed E-state index contributed by atoms with van der Waals surface area (Å²) in [6.07, 6.45) is 0. The highest BCUT2D eigenvalue weighted by molar-refractivity contribution is 6.32. The molecule has 0 aliphatic carbocycles. The van der Waals surface area contributed by atoms with Crippen molar-refractivity contribution in [1.82, 2.24) is 0 Å². The lowest BCUT2D eigenvalue weighted by Gasteiger charge is -2.14. The highest BCUT2D eigenvalue weighted by Crippen LogP contribution is 2.32. The lowest BCUT2D eigenvalue weighted by molar-refractivity contribution is 0.475. The summed E-state index contributed by atoms with van der Waals surface area (Å²) in [6, 6.07) is 13.1. The van der Waals surface area contributed by atoms with Crippen molar-refractivity contribution in [3.05, 3.63) is 58.8 Å². The molecule has 21 heavy (non-hydrogen) atoms. The zero-order valence-corrected chi connectivity index (χ0v) is 12.6. The van der Waals surface area contributed by atoms with Gasteiger partial charge in [-0.15, -0.1) is 0 Å². The number of para-hydroxylation sites is 1. The van der Waals surface area contributed by atoms with Gasteiger partial charge in [0.15, 0.2) is 0 Å². The third-order valence-corrected chi connectivity index (χ3v) is 3.91. The van der Waals surface area contributed by atoms with Gasteiger partial charge in [-0.25, -0.2) is 0 Å². The van der Waals surface area contributed by atoms with Crippen LogP contribution in [0.1, 0.15) is 24.3 Å². The van der Waals surface area contributed by atoms with Gasteiger partial charge in [0, 0.05) is 16.6 Å². The summed E-state index contributed by atoms with van der Waals surface area (Å²) in [4.78, 5) is 0. The first-order valence-electron chi connectivity index (χ1n) is 6.79. The molecule has 2 aromatic carbocycles. The maximum absolute atomic E-state index is 9.46. The smallest absolute Gasteiger partial charge is 0.134 e. The number of phenols is 1. The number of rotatable bonds is 3. The normalized spacial score (nSPS) is 12.5. The van der Waals surface area contributed by atoms with Crippen LogP contribution in [0.3, 0.4) is 0 Å². The van der Waals surface area contributed by atoms with E-state index in [1.807, 2.05) is 25.1 Å². The molecule has 0 amide bonds. The van der Waals surface area contributed by atoms with E-state index >= 15 is 0 Å². The van der Waals surface area contributed by atoms with Gasteiger partial charge in [-0.05, 0) is 38.1 Å². The van der Waals surface area contributed by atoms with Crippen LogP contribution in [0.4, 0.5) is 5.69 Å². The van der Waals surface area contributed by atoms with E-state index in [1.165, 1.54) is 0 Å². The standard InChI is InChI=1S/C17H16ClNO2/c1-10-13-5-3-4-6-16(13)21-17(10)11(2)19-12-7-8-15(20)14(18)9-12/h3-9,11,19-20H,1-2H3. The summed E-state index contributed by atoms with van der Waals surface area (Å²) in [6.45, 7) is 4.09. The van der Waals surface area contributed by atoms with Crippen molar-refractivity contribution in [2.75, 3.05) is 5.32 Å². The van der Waals surface area contributed by atoms with Crippen molar-refractivity contribution in [3.8, 4) is 5.75 Å². The van der Waals surface area contributed by atoms with E-state index in [1.54, 1.807) is 18.2 Å². The van der Waals surface area contributed by atoms with E-state index in [4.69, 9.17) is 16.0 Å². The first kappa shape index (κ1) is 13.8. The number of nitrogens with one attached hydrogen (secondary N) is 1. The second-order valence-electron chi connectivity index (χ2n) is 5.12. The van der Waals surface area contributed by atoms with Crippen LogP contribution in [0.5, 0.6) is 5.75 Å². The quantitative estimate of drug-likeness (QED) is 0.647. The Bertz CT molecular complexity index is 795. The molecule has 4 heteroatoms. The lowest BCUT2D eigenvalue weighted by Crippen LogP contribution is -2.06. The molecule has 3 aromatic rings. The van der Waals surface area contributed by atoms with Crippen LogP contribution in [0.15, 0.2) is 46.9 Å². The number of hydrogen-bond acceptors (Lipinski definition) is 3. The second-order valence-corrected chi connectivity index (χ2v) is 5.53. The monoisotopic (exact) mass is 301 g/mol. The molecule has 1 aromatic heterocycles. The molecule has 3 nitrogen and oxygen atoms in total. The highest BCUT2D eigenvalue weighted by atomic mass is 35.5. The summed E-state index contributed by atoms with van der Waals surface area (Å²) in [5, 5.41) is 14.3. The Morgan fingerprint density at radius 3 is 2.67 bits per heavy atom. The van der Waals surface area contributed by atoms with Gasteiger partial charge in [-0.2, -0.15) is 0 Å². The third kappa shape index (κ3) is 2.57. The minimum Gasteiger partial charge on any atom is -0.506 e. The van der Waals surface area contributed by atoms with E-state index in [-0.39, 0.29) is 11.8 Å². The van der Waals surface area contributed by atoms with Crippen LogP contribution in [0, 0.1) is 6.92 Å². The molecule has 1 atom stereocenters. The topological polar surface area (TPSA) is 45.4 Å². The molecule has 0 saturated carbocycles. The third-order valence-electron chi connectivity index (χ3n) is 3.60. The average Bonchev–Trinajstić information content (AvgIpc) is 2.81. The Balaban J connectivity index is 1.91. The maximum Gasteiger partial charge on any atom is 0.134 e. The SMILES string of the molecule is Cc1c(C(C)Nc2ccc(O)c(Cl)c2)oc2ccccc12. The molecule has 0 bridgehead atoms. The number of furan rings is 1. The summed E-state index contributed by atoms with van der Waals surface area (Å²) in [5.74, 6) is 0.982. The minimum atomic E-state index is -0.00184. The lowest BCUT2D eigenvalue weighted by atomic mass is 10.1. The number of fused-ring (bicyclic) bond motifs is 1. The van der Waals surface area contributed by atoms with Gasteiger partial charge in [0.1, 0.15) is 17.1 Å². The maximum atomic E-state index is 9.46. The fraction of sp³-hybridized carbons (Fsp3) is 0.176. The zero-order valence-electron chi connectivity index (χ0n) is 11.9. The van der Waals surface area contributed by atoms with Crippen LogP contribution >= 0.6 is 11.6 Å². The molecule has 0 radical (unpaired) electrons. The Hall–Kier alpha value is -2.13. The van der Waals surface area contributed by atoms with Gasteiger partial charge in [0.05, 0.1) is 11.1 Å². The van der Waals surface area contributed by atoms with E-state index < -0.39 is 0 Å². The molecule has 0 aliphatic heterocycles. The van der Waals surface area contributed by atoms with E-state index in [9.17, 15) is 5.11 Å². The van der Waals surface area contributed by atoms with Crippen LogP contribution in [-0.2, 0) is 0 Å². The molecule has 3 rings (SSSR count). The van der Waals surface area contributed by atoms with Crippen molar-refractivity contribution < 1.29 is 9.52 Å². The van der Waals surface area contributed by atoms with Gasteiger partial charge in [0.2, 0.25) is 0 Å². The van der Waals surface area contributed by atoms with Gasteiger partial charge >= 0.3 is 0 Å². The summed E-state index contributed by atoms with van der Waals surface area (Å²) in [5.41, 5.74) is 2.86. The van der Waals surface area contributed by atoms with Crippen LogP contribution in [0.2, 0.25) is 5.02 Å². The molecule has 2 N–H and O–H groups in total. The molecule has 0 fully saturated rings. The van der Waals surface area contributed by atoms with Crippen molar-refractivity contribution >= 4 is 28.3 Å². The van der Waals surface area contributed by atoms with E-state index in [0.717, 1.165) is 28.0 Å². The zero-order chi connectivity index (χ0) is 15.0. The van der Waals surface area contributed by atoms with Gasteiger partial charge in [0.25, 0.3) is 0 Å². The van der Waals surface area contributed by atoms with E-state index in [0.29, 0.717) is 5.02 Å². The largest absolute Gasteiger partial charge is 0.506 e. The number of aromatic hydroxyl groups is 1. The van der Waals surface area contributed by atoms with E-state index in [2.05, 4.69) is 18.3 Å². The van der Waals surface area contributed by atoms with Gasteiger partial charge in [-0.1, -0.05) is 29.8 Å². The minimum absolute atomic E-state index is 0.00184. The average molecular weight is 302 g/mol. The van der Waals surface area contributed by atoms with Crippen molar-refractivity contribution in [2.45, 2.75) is 19.9 Å². The molecule has 0 aliphatic rings. The fourth-order valence-electron chi connectivity index (χ4n) is 2.52. The molecule has 0 spiro atoms. The first-order chi connectivity index (χ1) is 10.1. The Labute approximate surface area is 128 Å². The number of benzene rings is 2. The number of halogens is 1. The Kier molecular flexibility index (Phi) is 3.52. The van der Waals surface area contributed by atoms with Crippen LogP contribution in [-0.4, -0.2) is 5.11 Å². The molecule has 108 valence electrons. The fourth-order valence-corrected chi connectivity index (χ4v) is 2.70. The molecule has 1 unspecified atom stereocenters. The Morgan fingerprint density at radius 1 is 1.19 bits per heavy atom. The highest BCUT2D eigenvalue weighted by Gasteiger charge is 2.16. The second kappa shape index (κ2) is 5.34. The van der Waals surface area contributed by atoms with Crippen molar-refractivity contribution in [3.63, 3.8) is 0 Å². The number of phenolic OH excluding ortho intramolecular Hbond substituents is 1.